The monoisotopic (exact) mass is 353 g/mol. The summed E-state index contributed by atoms with van der Waals surface area (Å²) in [6.07, 6.45) is -2.79. The predicted octanol–water partition coefficient (Wildman–Crippen LogP) is 3.30. The van der Waals surface area contributed by atoms with Crippen LogP contribution in [-0.2, 0) is 6.54 Å². The average molecular weight is 354 g/mol. The van der Waals surface area contributed by atoms with Crippen molar-refractivity contribution in [3.05, 3.63) is 28.2 Å². The van der Waals surface area contributed by atoms with Gasteiger partial charge in [0.2, 0.25) is 0 Å². The van der Waals surface area contributed by atoms with E-state index in [0.717, 1.165) is 23.9 Å². The minimum Gasteiger partial charge on any atom is -0.406 e. The molecule has 7 heteroatoms. The number of nitrogens with zero attached hydrogens (tertiary/aromatic N) is 1. The standard InChI is InChI=1S/C13H15BrF3NO2/c14-12-4-3-11(20-13(15,16)17)6-9(12)7-18-5-1-2-10(18)8-19/h3-4,6,10,19H,1-2,5,7-8H2. The molecule has 0 amide bonds. The molecule has 1 aromatic carbocycles. The number of rotatable bonds is 4. The molecule has 1 N–H and O–H groups in total. The zero-order chi connectivity index (χ0) is 14.8. The summed E-state index contributed by atoms with van der Waals surface area (Å²) in [6.45, 7) is 1.39. The third-order valence-electron chi connectivity index (χ3n) is 3.33. The van der Waals surface area contributed by atoms with Crippen LogP contribution in [-0.4, -0.2) is 35.6 Å². The van der Waals surface area contributed by atoms with Crippen molar-refractivity contribution in [1.82, 2.24) is 4.90 Å². The van der Waals surface area contributed by atoms with Crippen molar-refractivity contribution in [3.8, 4) is 5.75 Å². The molecular formula is C13H15BrF3NO2. The first kappa shape index (κ1) is 15.6. The normalized spacial score (nSPS) is 20.4. The lowest BCUT2D eigenvalue weighted by Gasteiger charge is -2.23. The summed E-state index contributed by atoms with van der Waals surface area (Å²) >= 11 is 3.33. The van der Waals surface area contributed by atoms with Crippen LogP contribution in [0, 0.1) is 0 Å². The van der Waals surface area contributed by atoms with E-state index in [1.165, 1.54) is 12.1 Å². The van der Waals surface area contributed by atoms with Crippen molar-refractivity contribution in [2.45, 2.75) is 31.8 Å². The molecule has 1 fully saturated rings. The molecule has 3 nitrogen and oxygen atoms in total. The Morgan fingerprint density at radius 3 is 2.80 bits per heavy atom. The summed E-state index contributed by atoms with van der Waals surface area (Å²) in [6, 6.07) is 4.27. The predicted molar refractivity (Wildman–Crippen MR) is 71.3 cm³/mol. The van der Waals surface area contributed by atoms with Crippen LogP contribution in [0.4, 0.5) is 13.2 Å². The highest BCUT2D eigenvalue weighted by Gasteiger charge is 2.31. The van der Waals surface area contributed by atoms with Gasteiger partial charge in [-0.2, -0.15) is 0 Å². The molecule has 20 heavy (non-hydrogen) atoms. The Bertz CT molecular complexity index is 467. The number of hydrogen-bond donors (Lipinski definition) is 1. The SMILES string of the molecule is OCC1CCCN1Cc1cc(OC(F)(F)F)ccc1Br. The molecule has 0 aliphatic carbocycles. The van der Waals surface area contributed by atoms with Gasteiger partial charge in [-0.05, 0) is 43.1 Å². The molecule has 1 atom stereocenters. The van der Waals surface area contributed by atoms with E-state index in [9.17, 15) is 18.3 Å². The molecule has 1 unspecified atom stereocenters. The van der Waals surface area contributed by atoms with Gasteiger partial charge in [0.05, 0.1) is 6.61 Å². The Morgan fingerprint density at radius 2 is 2.15 bits per heavy atom. The van der Waals surface area contributed by atoms with Crippen molar-refractivity contribution in [1.29, 1.82) is 0 Å². The van der Waals surface area contributed by atoms with Crippen LogP contribution in [0.1, 0.15) is 18.4 Å². The number of aliphatic hydroxyl groups is 1. The van der Waals surface area contributed by atoms with E-state index in [1.54, 1.807) is 6.07 Å². The van der Waals surface area contributed by atoms with Crippen LogP contribution in [0.5, 0.6) is 5.75 Å². The number of alkyl halides is 3. The van der Waals surface area contributed by atoms with E-state index in [2.05, 4.69) is 25.6 Å². The molecule has 1 aliphatic rings. The molecule has 1 aromatic rings. The minimum absolute atomic E-state index is 0.0658. The van der Waals surface area contributed by atoms with Crippen molar-refractivity contribution < 1.29 is 23.0 Å². The van der Waals surface area contributed by atoms with Gasteiger partial charge in [0.15, 0.2) is 0 Å². The summed E-state index contributed by atoms with van der Waals surface area (Å²) in [7, 11) is 0. The lowest BCUT2D eigenvalue weighted by Crippen LogP contribution is -2.31. The highest BCUT2D eigenvalue weighted by molar-refractivity contribution is 9.10. The Hall–Kier alpha value is -0.790. The summed E-state index contributed by atoms with van der Waals surface area (Å²) in [4.78, 5) is 2.07. The van der Waals surface area contributed by atoms with Crippen LogP contribution < -0.4 is 4.74 Å². The smallest absolute Gasteiger partial charge is 0.406 e. The molecular weight excluding hydrogens is 339 g/mol. The van der Waals surface area contributed by atoms with Crippen LogP contribution in [0.25, 0.3) is 0 Å². The Labute approximate surface area is 123 Å². The second-order valence-corrected chi connectivity index (χ2v) is 5.60. The fraction of sp³-hybridized carbons (Fsp3) is 0.538. The fourth-order valence-electron chi connectivity index (χ4n) is 2.40. The molecule has 112 valence electrons. The van der Waals surface area contributed by atoms with Crippen molar-refractivity contribution in [3.63, 3.8) is 0 Å². The van der Waals surface area contributed by atoms with Gasteiger partial charge < -0.3 is 9.84 Å². The summed E-state index contributed by atoms with van der Waals surface area (Å²) in [5.41, 5.74) is 0.715. The summed E-state index contributed by atoms with van der Waals surface area (Å²) < 4.78 is 41.3. The summed E-state index contributed by atoms with van der Waals surface area (Å²) in [5.74, 6) is -0.226. The second-order valence-electron chi connectivity index (χ2n) is 4.75. The number of ether oxygens (including phenoxy) is 1. The largest absolute Gasteiger partial charge is 0.573 e. The number of halogens is 4. The molecule has 1 heterocycles. The molecule has 1 saturated heterocycles. The fourth-order valence-corrected chi connectivity index (χ4v) is 2.77. The quantitative estimate of drug-likeness (QED) is 0.901. The maximum absolute atomic E-state index is 12.2. The Morgan fingerprint density at radius 1 is 1.40 bits per heavy atom. The molecule has 0 aromatic heterocycles. The van der Waals surface area contributed by atoms with E-state index in [1.807, 2.05) is 0 Å². The topological polar surface area (TPSA) is 32.7 Å². The van der Waals surface area contributed by atoms with E-state index < -0.39 is 6.36 Å². The van der Waals surface area contributed by atoms with Crippen LogP contribution in [0.2, 0.25) is 0 Å². The number of likely N-dealkylation sites (tertiary alicyclic amines) is 1. The first-order chi connectivity index (χ1) is 9.39. The van der Waals surface area contributed by atoms with Crippen LogP contribution >= 0.6 is 15.9 Å². The van der Waals surface area contributed by atoms with Crippen molar-refractivity contribution in [2.24, 2.45) is 0 Å². The molecule has 1 aliphatic heterocycles. The summed E-state index contributed by atoms with van der Waals surface area (Å²) in [5, 5.41) is 9.26. The van der Waals surface area contributed by atoms with Crippen molar-refractivity contribution >= 4 is 15.9 Å². The highest BCUT2D eigenvalue weighted by Crippen LogP contribution is 2.29. The number of hydrogen-bond acceptors (Lipinski definition) is 3. The first-order valence-corrected chi connectivity index (χ1v) is 7.07. The lowest BCUT2D eigenvalue weighted by atomic mass is 10.2. The molecule has 0 bridgehead atoms. The van der Waals surface area contributed by atoms with Gasteiger partial charge >= 0.3 is 6.36 Å². The van der Waals surface area contributed by atoms with E-state index >= 15 is 0 Å². The first-order valence-electron chi connectivity index (χ1n) is 6.28. The van der Waals surface area contributed by atoms with E-state index in [0.29, 0.717) is 12.1 Å². The molecule has 0 spiro atoms. The van der Waals surface area contributed by atoms with E-state index in [4.69, 9.17) is 0 Å². The second kappa shape index (κ2) is 6.32. The Balaban J connectivity index is 2.12. The van der Waals surface area contributed by atoms with Gasteiger partial charge in [0, 0.05) is 17.1 Å². The third-order valence-corrected chi connectivity index (χ3v) is 4.11. The van der Waals surface area contributed by atoms with Gasteiger partial charge in [-0.3, -0.25) is 4.90 Å². The molecule has 0 saturated carbocycles. The Kier molecular flexibility index (Phi) is 4.93. The van der Waals surface area contributed by atoms with Crippen LogP contribution in [0.3, 0.4) is 0 Å². The van der Waals surface area contributed by atoms with E-state index in [-0.39, 0.29) is 18.4 Å². The third kappa shape index (κ3) is 4.10. The average Bonchev–Trinajstić information content (AvgIpc) is 2.79. The number of aliphatic hydroxyl groups excluding tert-OH is 1. The van der Waals surface area contributed by atoms with Gasteiger partial charge in [-0.15, -0.1) is 13.2 Å². The molecule has 0 radical (unpaired) electrons. The number of benzene rings is 1. The highest BCUT2D eigenvalue weighted by atomic mass is 79.9. The van der Waals surface area contributed by atoms with Crippen LogP contribution in [0.15, 0.2) is 22.7 Å². The maximum atomic E-state index is 12.2. The molecule has 2 rings (SSSR count). The zero-order valence-corrected chi connectivity index (χ0v) is 12.2. The zero-order valence-electron chi connectivity index (χ0n) is 10.7. The van der Waals surface area contributed by atoms with Gasteiger partial charge in [-0.1, -0.05) is 15.9 Å². The lowest BCUT2D eigenvalue weighted by molar-refractivity contribution is -0.274. The van der Waals surface area contributed by atoms with Crippen molar-refractivity contribution in [2.75, 3.05) is 13.2 Å². The van der Waals surface area contributed by atoms with Gasteiger partial charge in [0.1, 0.15) is 5.75 Å². The van der Waals surface area contributed by atoms with Gasteiger partial charge in [0.25, 0.3) is 0 Å². The maximum Gasteiger partial charge on any atom is 0.573 e. The minimum atomic E-state index is -4.69. The van der Waals surface area contributed by atoms with Gasteiger partial charge in [-0.25, -0.2) is 0 Å².